The van der Waals surface area contributed by atoms with Gasteiger partial charge in [-0.1, -0.05) is 29.3 Å². The van der Waals surface area contributed by atoms with E-state index in [1.807, 2.05) is 0 Å². The van der Waals surface area contributed by atoms with E-state index in [1.54, 1.807) is 12.1 Å². The number of carboxylic acids is 1. The average molecular weight is 302 g/mol. The Morgan fingerprint density at radius 1 is 1.47 bits per heavy atom. The number of halogens is 2. The monoisotopic (exact) mass is 301 g/mol. The Labute approximate surface area is 120 Å². The maximum absolute atomic E-state index is 11.7. The van der Waals surface area contributed by atoms with Gasteiger partial charge in [-0.05, 0) is 31.9 Å². The number of rotatable bonds is 5. The molecule has 1 unspecified atom stereocenters. The van der Waals surface area contributed by atoms with Crippen LogP contribution in [0.5, 0.6) is 0 Å². The summed E-state index contributed by atoms with van der Waals surface area (Å²) in [5.74, 6) is -1.12. The van der Waals surface area contributed by atoms with Crippen LogP contribution in [0.2, 0.25) is 10.0 Å². The molecule has 1 aromatic carbocycles. The first-order valence-electron chi connectivity index (χ1n) is 5.84. The molecule has 1 aliphatic carbocycles. The molecule has 1 amide bonds. The number of carboxylic acid groups (broad SMARTS) is 1. The van der Waals surface area contributed by atoms with Crippen LogP contribution < -0.4 is 0 Å². The Bertz CT molecular complexity index is 531. The Balaban J connectivity index is 2.54. The van der Waals surface area contributed by atoms with Crippen molar-refractivity contribution < 1.29 is 14.7 Å². The third-order valence-corrected chi connectivity index (χ3v) is 3.99. The van der Waals surface area contributed by atoms with Gasteiger partial charge in [-0.2, -0.15) is 0 Å². The first-order valence-corrected chi connectivity index (χ1v) is 6.59. The second-order valence-corrected chi connectivity index (χ2v) is 5.59. The van der Waals surface area contributed by atoms with Crippen molar-refractivity contribution in [3.8, 4) is 0 Å². The minimum atomic E-state index is -1.48. The molecule has 1 aliphatic rings. The van der Waals surface area contributed by atoms with E-state index in [9.17, 15) is 14.7 Å². The van der Waals surface area contributed by atoms with E-state index in [0.29, 0.717) is 17.0 Å². The minimum Gasteiger partial charge on any atom is -0.479 e. The Hall–Kier alpha value is -1.26. The lowest BCUT2D eigenvalue weighted by molar-refractivity contribution is -0.155. The predicted octanol–water partition coefficient (Wildman–Crippen LogP) is 2.91. The SMILES string of the molecule is CC(C(=O)O)(c1ccc(Cl)cc1Cl)N(C=O)C1CC1. The van der Waals surface area contributed by atoms with Crippen LogP contribution >= 0.6 is 23.2 Å². The van der Waals surface area contributed by atoms with Gasteiger partial charge in [0, 0.05) is 21.7 Å². The molecule has 0 saturated heterocycles. The number of aliphatic carboxylic acids is 1. The van der Waals surface area contributed by atoms with Crippen molar-refractivity contribution in [2.75, 3.05) is 0 Å². The van der Waals surface area contributed by atoms with Gasteiger partial charge in [0.25, 0.3) is 0 Å². The second kappa shape index (κ2) is 5.02. The molecule has 102 valence electrons. The quantitative estimate of drug-likeness (QED) is 0.851. The molecule has 0 aromatic heterocycles. The third-order valence-electron chi connectivity index (χ3n) is 3.44. The van der Waals surface area contributed by atoms with E-state index >= 15 is 0 Å². The number of hydrogen-bond donors (Lipinski definition) is 1. The molecule has 0 heterocycles. The Morgan fingerprint density at radius 3 is 2.53 bits per heavy atom. The first kappa shape index (κ1) is 14.2. The van der Waals surface area contributed by atoms with Gasteiger partial charge in [0.2, 0.25) is 6.41 Å². The van der Waals surface area contributed by atoms with Crippen LogP contribution in [0.4, 0.5) is 0 Å². The van der Waals surface area contributed by atoms with Gasteiger partial charge in [0.15, 0.2) is 5.54 Å². The van der Waals surface area contributed by atoms with Crippen molar-refractivity contribution in [1.29, 1.82) is 0 Å². The summed E-state index contributed by atoms with van der Waals surface area (Å²) in [6.07, 6.45) is 2.20. The molecule has 4 nitrogen and oxygen atoms in total. The fourth-order valence-electron chi connectivity index (χ4n) is 2.16. The number of carbonyl (C=O) groups is 2. The van der Waals surface area contributed by atoms with Gasteiger partial charge >= 0.3 is 5.97 Å². The van der Waals surface area contributed by atoms with Crippen LogP contribution in [-0.2, 0) is 15.1 Å². The van der Waals surface area contributed by atoms with E-state index in [0.717, 1.165) is 12.8 Å². The lowest BCUT2D eigenvalue weighted by Crippen LogP contribution is -2.50. The second-order valence-electron chi connectivity index (χ2n) is 4.75. The predicted molar refractivity (Wildman–Crippen MR) is 72.4 cm³/mol. The van der Waals surface area contributed by atoms with E-state index < -0.39 is 11.5 Å². The molecule has 1 N–H and O–H groups in total. The molecule has 1 saturated carbocycles. The third kappa shape index (κ3) is 2.42. The summed E-state index contributed by atoms with van der Waals surface area (Å²) < 4.78 is 0. The minimum absolute atomic E-state index is 0.0367. The number of benzene rings is 1. The molecule has 0 bridgehead atoms. The van der Waals surface area contributed by atoms with Gasteiger partial charge in [-0.3, -0.25) is 4.79 Å². The van der Waals surface area contributed by atoms with Gasteiger partial charge in [-0.25, -0.2) is 4.79 Å². The number of nitrogens with zero attached hydrogens (tertiary/aromatic N) is 1. The highest BCUT2D eigenvalue weighted by atomic mass is 35.5. The van der Waals surface area contributed by atoms with Crippen molar-refractivity contribution in [3.05, 3.63) is 33.8 Å². The number of hydrogen-bond acceptors (Lipinski definition) is 2. The lowest BCUT2D eigenvalue weighted by atomic mass is 9.90. The largest absolute Gasteiger partial charge is 0.479 e. The highest BCUT2D eigenvalue weighted by Gasteiger charge is 2.48. The van der Waals surface area contributed by atoms with Crippen molar-refractivity contribution in [3.63, 3.8) is 0 Å². The first-order chi connectivity index (χ1) is 8.91. The topological polar surface area (TPSA) is 57.6 Å². The maximum atomic E-state index is 11.7. The molecule has 0 radical (unpaired) electrons. The summed E-state index contributed by atoms with van der Waals surface area (Å²) in [7, 11) is 0. The molecule has 0 spiro atoms. The molecular formula is C13H13Cl2NO3. The average Bonchev–Trinajstić information content (AvgIpc) is 3.13. The van der Waals surface area contributed by atoms with Crippen LogP contribution in [0.1, 0.15) is 25.3 Å². The fraction of sp³-hybridized carbons (Fsp3) is 0.385. The Morgan fingerprint density at radius 2 is 2.11 bits per heavy atom. The number of carbonyl (C=O) groups excluding carboxylic acids is 1. The highest BCUT2D eigenvalue weighted by Crippen LogP contribution is 2.40. The van der Waals surface area contributed by atoms with Gasteiger partial charge in [-0.15, -0.1) is 0 Å². The zero-order valence-electron chi connectivity index (χ0n) is 10.3. The van der Waals surface area contributed by atoms with E-state index in [2.05, 4.69) is 0 Å². The zero-order valence-corrected chi connectivity index (χ0v) is 11.8. The smallest absolute Gasteiger partial charge is 0.334 e. The standard InChI is InChI=1S/C13H13Cl2NO3/c1-13(12(18)19,16(7-17)9-3-4-9)10-5-2-8(14)6-11(10)15/h2,5-7,9H,3-4H2,1H3,(H,18,19). The maximum Gasteiger partial charge on any atom is 0.334 e. The molecule has 1 atom stereocenters. The fourth-order valence-corrected chi connectivity index (χ4v) is 2.75. The zero-order chi connectivity index (χ0) is 14.2. The van der Waals surface area contributed by atoms with Crippen LogP contribution in [0.15, 0.2) is 18.2 Å². The van der Waals surface area contributed by atoms with Gasteiger partial charge in [0.1, 0.15) is 0 Å². The van der Waals surface area contributed by atoms with Crippen molar-refractivity contribution in [2.45, 2.75) is 31.3 Å². The van der Waals surface area contributed by atoms with Crippen molar-refractivity contribution in [2.24, 2.45) is 0 Å². The van der Waals surface area contributed by atoms with Crippen molar-refractivity contribution in [1.82, 2.24) is 4.90 Å². The van der Waals surface area contributed by atoms with Crippen LogP contribution in [-0.4, -0.2) is 28.4 Å². The molecule has 1 aromatic rings. The summed E-state index contributed by atoms with van der Waals surface area (Å²) in [6, 6.07) is 4.57. The van der Waals surface area contributed by atoms with Crippen LogP contribution in [0.25, 0.3) is 0 Å². The van der Waals surface area contributed by atoms with Crippen LogP contribution in [0.3, 0.4) is 0 Å². The number of amides is 1. The lowest BCUT2D eigenvalue weighted by Gasteiger charge is -2.36. The summed E-state index contributed by atoms with van der Waals surface area (Å²) in [5.41, 5.74) is -1.12. The normalized spacial score (nSPS) is 17.6. The molecule has 1 fully saturated rings. The van der Waals surface area contributed by atoms with E-state index in [-0.39, 0.29) is 11.1 Å². The van der Waals surface area contributed by atoms with E-state index in [1.165, 1.54) is 17.9 Å². The summed E-state index contributed by atoms with van der Waals surface area (Å²) in [6.45, 7) is 1.48. The molecule has 2 rings (SSSR count). The summed E-state index contributed by atoms with van der Waals surface area (Å²) in [5, 5.41) is 10.2. The molecular weight excluding hydrogens is 289 g/mol. The summed E-state index contributed by atoms with van der Waals surface area (Å²) >= 11 is 11.9. The molecule has 0 aliphatic heterocycles. The highest BCUT2D eigenvalue weighted by molar-refractivity contribution is 6.35. The van der Waals surface area contributed by atoms with E-state index in [4.69, 9.17) is 23.2 Å². The molecule has 6 heteroatoms. The van der Waals surface area contributed by atoms with Crippen molar-refractivity contribution >= 4 is 35.6 Å². The summed E-state index contributed by atoms with van der Waals surface area (Å²) in [4.78, 5) is 24.3. The molecule has 19 heavy (non-hydrogen) atoms. The van der Waals surface area contributed by atoms with Gasteiger partial charge < -0.3 is 10.0 Å². The van der Waals surface area contributed by atoms with Crippen LogP contribution in [0, 0.1) is 0 Å². The Kier molecular flexibility index (Phi) is 3.74. The van der Waals surface area contributed by atoms with Gasteiger partial charge in [0.05, 0.1) is 0 Å².